The summed E-state index contributed by atoms with van der Waals surface area (Å²) in [6, 6.07) is 17.6. The van der Waals surface area contributed by atoms with Gasteiger partial charge in [0.25, 0.3) is 0 Å². The Labute approximate surface area is 173 Å². The summed E-state index contributed by atoms with van der Waals surface area (Å²) >= 11 is 5.94. The number of piperazine rings is 1. The molecule has 1 heterocycles. The maximum atomic E-state index is 12.6. The van der Waals surface area contributed by atoms with Crippen molar-refractivity contribution in [2.75, 3.05) is 26.2 Å². The van der Waals surface area contributed by atoms with E-state index in [1.165, 1.54) is 5.56 Å². The van der Waals surface area contributed by atoms with Gasteiger partial charge in [-0.25, -0.2) is 0 Å². The van der Waals surface area contributed by atoms with Gasteiger partial charge >= 0.3 is 0 Å². The Morgan fingerprint density at radius 3 is 2.12 bits per heavy atom. The van der Waals surface area contributed by atoms with Crippen molar-refractivity contribution in [2.24, 2.45) is 0 Å². The van der Waals surface area contributed by atoms with Crippen LogP contribution in [0, 0.1) is 0 Å². The summed E-state index contributed by atoms with van der Waals surface area (Å²) in [7, 11) is 0. The van der Waals surface area contributed by atoms with E-state index in [0.29, 0.717) is 0 Å². The fourth-order valence-corrected chi connectivity index (χ4v) is 3.29. The average molecular weight is 416 g/mol. The van der Waals surface area contributed by atoms with Crippen molar-refractivity contribution in [3.05, 3.63) is 70.7 Å². The molecule has 1 aliphatic heterocycles. The molecule has 0 radical (unpaired) electrons. The summed E-state index contributed by atoms with van der Waals surface area (Å²) in [5, 5.41) is 0.775. The van der Waals surface area contributed by atoms with E-state index in [-0.39, 0.29) is 36.6 Å². The molecule has 0 spiro atoms. The number of hydrogen-bond donors (Lipinski definition) is 0. The molecule has 0 saturated carbocycles. The summed E-state index contributed by atoms with van der Waals surface area (Å²) in [4.78, 5) is 17.3. The van der Waals surface area contributed by atoms with E-state index in [1.54, 1.807) is 0 Å². The van der Waals surface area contributed by atoms with Crippen molar-refractivity contribution in [2.45, 2.75) is 19.5 Å². The third-order valence-corrected chi connectivity index (χ3v) is 4.96. The summed E-state index contributed by atoms with van der Waals surface area (Å²) < 4.78 is 0. The third kappa shape index (κ3) is 5.97. The molecule has 0 bridgehead atoms. The SMILES string of the molecule is CC(C(=O)c1ccccc1)N1CCN(Cc2ccc(Cl)cc2)CC1.Cl.Cl. The lowest BCUT2D eigenvalue weighted by atomic mass is 10.0. The zero-order chi connectivity index (χ0) is 16.9. The third-order valence-electron chi connectivity index (χ3n) is 4.71. The number of benzene rings is 2. The minimum Gasteiger partial charge on any atom is -0.297 e. The van der Waals surface area contributed by atoms with Gasteiger partial charge in [-0.2, -0.15) is 0 Å². The van der Waals surface area contributed by atoms with Gasteiger partial charge in [0.1, 0.15) is 0 Å². The normalized spacial score (nSPS) is 16.2. The Bertz CT molecular complexity index is 671. The van der Waals surface area contributed by atoms with Crippen LogP contribution < -0.4 is 0 Å². The summed E-state index contributed by atoms with van der Waals surface area (Å²) in [5.41, 5.74) is 2.08. The lowest BCUT2D eigenvalue weighted by Crippen LogP contribution is -2.51. The first-order valence-electron chi connectivity index (χ1n) is 8.43. The van der Waals surface area contributed by atoms with Gasteiger partial charge in [0, 0.05) is 43.3 Å². The predicted octanol–water partition coefficient (Wildman–Crippen LogP) is 4.57. The second-order valence-corrected chi connectivity index (χ2v) is 6.78. The molecular weight excluding hydrogens is 391 g/mol. The van der Waals surface area contributed by atoms with Gasteiger partial charge in [-0.1, -0.05) is 54.1 Å². The van der Waals surface area contributed by atoms with E-state index in [4.69, 9.17) is 11.6 Å². The number of halogens is 3. The molecule has 2 aromatic rings. The molecule has 3 nitrogen and oxygen atoms in total. The quantitative estimate of drug-likeness (QED) is 0.668. The smallest absolute Gasteiger partial charge is 0.179 e. The van der Waals surface area contributed by atoms with Crippen molar-refractivity contribution in [3.8, 4) is 0 Å². The predicted molar refractivity (Wildman–Crippen MR) is 113 cm³/mol. The van der Waals surface area contributed by atoms with Crippen LogP contribution in [-0.2, 0) is 6.54 Å². The van der Waals surface area contributed by atoms with Gasteiger partial charge in [-0.05, 0) is 24.6 Å². The monoisotopic (exact) mass is 414 g/mol. The van der Waals surface area contributed by atoms with E-state index in [9.17, 15) is 4.79 Å². The molecule has 2 aromatic carbocycles. The first-order valence-corrected chi connectivity index (χ1v) is 8.81. The van der Waals surface area contributed by atoms with E-state index in [1.807, 2.05) is 49.4 Å². The molecule has 0 amide bonds. The minimum absolute atomic E-state index is 0. The number of carbonyl (C=O) groups is 1. The topological polar surface area (TPSA) is 23.6 Å². The molecule has 1 aliphatic rings. The fraction of sp³-hybridized carbons (Fsp3) is 0.350. The van der Waals surface area contributed by atoms with Crippen LogP contribution in [0.15, 0.2) is 54.6 Å². The van der Waals surface area contributed by atoms with E-state index >= 15 is 0 Å². The Hall–Kier alpha value is -1.10. The van der Waals surface area contributed by atoms with Crippen molar-refractivity contribution in [1.82, 2.24) is 9.80 Å². The van der Waals surface area contributed by atoms with Crippen LogP contribution in [0.3, 0.4) is 0 Å². The van der Waals surface area contributed by atoms with Crippen LogP contribution in [0.2, 0.25) is 5.02 Å². The maximum Gasteiger partial charge on any atom is 0.179 e. The first kappa shape index (κ1) is 22.9. The molecule has 1 fully saturated rings. The molecule has 0 aromatic heterocycles. The second kappa shape index (κ2) is 10.9. The van der Waals surface area contributed by atoms with Crippen molar-refractivity contribution >= 4 is 42.2 Å². The lowest BCUT2D eigenvalue weighted by Gasteiger charge is -2.37. The highest BCUT2D eigenvalue weighted by Gasteiger charge is 2.26. The Morgan fingerprint density at radius 2 is 1.54 bits per heavy atom. The Balaban J connectivity index is 0.00000169. The van der Waals surface area contributed by atoms with Gasteiger partial charge in [0.15, 0.2) is 5.78 Å². The van der Waals surface area contributed by atoms with E-state index < -0.39 is 0 Å². The Morgan fingerprint density at radius 1 is 0.962 bits per heavy atom. The summed E-state index contributed by atoms with van der Waals surface area (Å²) in [5.74, 6) is 0.210. The molecule has 142 valence electrons. The molecule has 3 rings (SSSR count). The molecule has 1 saturated heterocycles. The molecule has 1 unspecified atom stereocenters. The molecular formula is C20H25Cl3N2O. The highest BCUT2D eigenvalue weighted by molar-refractivity contribution is 6.30. The van der Waals surface area contributed by atoms with Crippen LogP contribution in [0.5, 0.6) is 0 Å². The number of hydrogen-bond acceptors (Lipinski definition) is 3. The van der Waals surface area contributed by atoms with Gasteiger partial charge in [0.2, 0.25) is 0 Å². The van der Waals surface area contributed by atoms with Crippen LogP contribution in [0.4, 0.5) is 0 Å². The second-order valence-electron chi connectivity index (χ2n) is 6.34. The van der Waals surface area contributed by atoms with Gasteiger partial charge in [-0.15, -0.1) is 24.8 Å². The van der Waals surface area contributed by atoms with Gasteiger partial charge < -0.3 is 0 Å². The van der Waals surface area contributed by atoms with Crippen LogP contribution in [0.25, 0.3) is 0 Å². The Kier molecular flexibility index (Phi) is 9.62. The molecule has 1 atom stereocenters. The zero-order valence-corrected chi connectivity index (χ0v) is 17.2. The van der Waals surface area contributed by atoms with E-state index in [0.717, 1.165) is 43.3 Å². The standard InChI is InChI=1S/C20H23ClN2O.2ClH/c1-16(20(24)18-5-3-2-4-6-18)23-13-11-22(12-14-23)15-17-7-9-19(21)10-8-17;;/h2-10,16H,11-15H2,1H3;2*1H. The van der Waals surface area contributed by atoms with Crippen LogP contribution in [0.1, 0.15) is 22.8 Å². The van der Waals surface area contributed by atoms with Crippen molar-refractivity contribution < 1.29 is 4.79 Å². The highest BCUT2D eigenvalue weighted by Crippen LogP contribution is 2.15. The number of rotatable bonds is 5. The van der Waals surface area contributed by atoms with E-state index in [2.05, 4.69) is 21.9 Å². The lowest BCUT2D eigenvalue weighted by molar-refractivity contribution is 0.0687. The molecule has 26 heavy (non-hydrogen) atoms. The molecule has 0 aliphatic carbocycles. The average Bonchev–Trinajstić information content (AvgIpc) is 2.64. The number of nitrogens with zero attached hydrogens (tertiary/aromatic N) is 2. The molecule has 0 N–H and O–H groups in total. The summed E-state index contributed by atoms with van der Waals surface area (Å²) in [6.07, 6.45) is 0. The van der Waals surface area contributed by atoms with Crippen LogP contribution in [-0.4, -0.2) is 47.8 Å². The van der Waals surface area contributed by atoms with Gasteiger partial charge in [0.05, 0.1) is 6.04 Å². The number of ketones is 1. The highest BCUT2D eigenvalue weighted by atomic mass is 35.5. The number of Topliss-reactive ketones (excluding diaryl/α,β-unsaturated/α-hetero) is 1. The summed E-state index contributed by atoms with van der Waals surface area (Å²) in [6.45, 7) is 6.76. The van der Waals surface area contributed by atoms with Crippen molar-refractivity contribution in [1.29, 1.82) is 0 Å². The van der Waals surface area contributed by atoms with Crippen LogP contribution >= 0.6 is 36.4 Å². The first-order chi connectivity index (χ1) is 11.6. The molecule has 6 heteroatoms. The minimum atomic E-state index is -0.0647. The van der Waals surface area contributed by atoms with Crippen molar-refractivity contribution in [3.63, 3.8) is 0 Å². The number of carbonyl (C=O) groups excluding carboxylic acids is 1. The fourth-order valence-electron chi connectivity index (χ4n) is 3.17. The zero-order valence-electron chi connectivity index (χ0n) is 14.8. The van der Waals surface area contributed by atoms with Gasteiger partial charge in [-0.3, -0.25) is 14.6 Å². The maximum absolute atomic E-state index is 12.6. The largest absolute Gasteiger partial charge is 0.297 e.